The number of carbonyl (C=O) groups excluding carboxylic acids is 1. The molecule has 166 valence electrons. The fourth-order valence-electron chi connectivity index (χ4n) is 3.32. The lowest BCUT2D eigenvalue weighted by atomic mass is 9.92. The van der Waals surface area contributed by atoms with E-state index in [2.05, 4.69) is 16.6 Å². The monoisotopic (exact) mass is 446 g/mol. The zero-order valence-electron chi connectivity index (χ0n) is 18.0. The van der Waals surface area contributed by atoms with Crippen LogP contribution in [0.2, 0.25) is 0 Å². The Morgan fingerprint density at radius 2 is 2.19 bits per heavy atom. The highest BCUT2D eigenvalue weighted by atomic mass is 32.2. The molecule has 0 saturated heterocycles. The van der Waals surface area contributed by atoms with Gasteiger partial charge >= 0.3 is 0 Å². The van der Waals surface area contributed by atoms with E-state index >= 15 is 0 Å². The number of hydrogen-bond acceptors (Lipinski definition) is 4. The zero-order chi connectivity index (χ0) is 23.3. The average Bonchev–Trinajstić information content (AvgIpc) is 3.00. The lowest BCUT2D eigenvalue weighted by Crippen LogP contribution is -2.47. The number of nitrogens with one attached hydrogen (secondary N) is 2. The predicted octanol–water partition coefficient (Wildman–Crippen LogP) is 3.18. The fraction of sp³-hybridized carbons (Fsp3) is 0.364. The molecule has 1 aromatic heterocycles. The minimum absolute atomic E-state index is 0.173. The number of aliphatic hydroxyl groups is 1. The van der Waals surface area contributed by atoms with Gasteiger partial charge in [0.05, 0.1) is 22.1 Å². The lowest BCUT2D eigenvalue weighted by molar-refractivity contribution is 0.0736. The van der Waals surface area contributed by atoms with Crippen molar-refractivity contribution in [3.8, 4) is 6.07 Å². The molecule has 9 heteroatoms. The van der Waals surface area contributed by atoms with Gasteiger partial charge in [0.15, 0.2) is 0 Å². The van der Waals surface area contributed by atoms with E-state index in [1.165, 1.54) is 18.2 Å². The Hall–Kier alpha value is -2.80. The van der Waals surface area contributed by atoms with Crippen molar-refractivity contribution in [2.24, 2.45) is 7.05 Å². The van der Waals surface area contributed by atoms with Crippen molar-refractivity contribution >= 4 is 22.6 Å². The van der Waals surface area contributed by atoms with Crippen LogP contribution in [0.4, 0.5) is 10.1 Å². The van der Waals surface area contributed by atoms with Crippen molar-refractivity contribution in [1.82, 2.24) is 9.29 Å². The highest BCUT2D eigenvalue weighted by Gasteiger charge is 2.35. The van der Waals surface area contributed by atoms with Crippen molar-refractivity contribution in [2.75, 3.05) is 5.32 Å². The second-order valence-corrected chi connectivity index (χ2v) is 8.31. The minimum atomic E-state index is -1.62. The molecule has 0 spiro atoms. The number of fused-ring (bicyclic) bond motifs is 1. The summed E-state index contributed by atoms with van der Waals surface area (Å²) < 4.78 is 30.8. The van der Waals surface area contributed by atoms with Crippen molar-refractivity contribution in [3.05, 3.63) is 59.7 Å². The normalized spacial score (nSPS) is 19.5. The second-order valence-electron chi connectivity index (χ2n) is 7.10. The van der Waals surface area contributed by atoms with Crippen molar-refractivity contribution in [3.63, 3.8) is 0 Å². The predicted molar refractivity (Wildman–Crippen MR) is 118 cm³/mol. The number of anilines is 1. The van der Waals surface area contributed by atoms with Crippen molar-refractivity contribution < 1.29 is 18.5 Å². The Morgan fingerprint density at radius 3 is 2.81 bits per heavy atom. The van der Waals surface area contributed by atoms with E-state index in [4.69, 9.17) is 5.26 Å². The number of nitrogens with zero attached hydrogens (tertiary/aromatic N) is 2. The summed E-state index contributed by atoms with van der Waals surface area (Å²) in [6.07, 6.45) is 3.87. The molecule has 1 aliphatic rings. The third-order valence-electron chi connectivity index (χ3n) is 5.06. The minimum Gasteiger partial charge on any atom is -0.384 e. The van der Waals surface area contributed by atoms with Crippen LogP contribution in [0.15, 0.2) is 41.9 Å². The molecule has 0 fully saturated rings. The summed E-state index contributed by atoms with van der Waals surface area (Å²) in [5, 5.41) is 22.1. The number of halogens is 1. The molecule has 3 rings (SSSR count). The number of carbonyl (C=O) groups is 1. The maximum absolute atomic E-state index is 13.5. The SMILES string of the molecule is C=CC(C)(O)C1CCc2c(cn(C)c2C(=O)Nc2ccc(F)c(C#N)c2)S(=O)N1.CC. The molecule has 0 saturated carbocycles. The topological polar surface area (TPSA) is 107 Å². The summed E-state index contributed by atoms with van der Waals surface area (Å²) in [6, 6.07) is 4.97. The quantitative estimate of drug-likeness (QED) is 0.627. The first-order chi connectivity index (χ1) is 14.7. The molecule has 3 unspecified atom stereocenters. The van der Waals surface area contributed by atoms with Gasteiger partial charge in [-0.05, 0) is 38.0 Å². The largest absolute Gasteiger partial charge is 0.384 e. The van der Waals surface area contributed by atoms with Crippen LogP contribution in [0, 0.1) is 17.1 Å². The van der Waals surface area contributed by atoms with Crippen LogP contribution in [0.1, 0.15) is 48.8 Å². The van der Waals surface area contributed by atoms with Gasteiger partial charge in [0, 0.05) is 24.5 Å². The lowest BCUT2D eigenvalue weighted by Gasteiger charge is -2.29. The van der Waals surface area contributed by atoms with Crippen molar-refractivity contribution in [2.45, 2.75) is 50.2 Å². The number of benzene rings is 1. The van der Waals surface area contributed by atoms with Gasteiger partial charge in [-0.25, -0.2) is 13.3 Å². The molecule has 31 heavy (non-hydrogen) atoms. The Kier molecular flexibility index (Phi) is 7.90. The summed E-state index contributed by atoms with van der Waals surface area (Å²) >= 11 is 0. The third kappa shape index (κ3) is 5.10. The Bertz CT molecular complexity index is 1060. The summed E-state index contributed by atoms with van der Waals surface area (Å²) in [5.74, 6) is -1.13. The van der Waals surface area contributed by atoms with Gasteiger partial charge in [-0.2, -0.15) is 5.26 Å². The third-order valence-corrected chi connectivity index (χ3v) is 6.31. The molecule has 2 heterocycles. The van der Waals surface area contributed by atoms with Crippen LogP contribution in [0.25, 0.3) is 0 Å². The summed E-state index contributed by atoms with van der Waals surface area (Å²) in [5.41, 5.74) is -0.222. The first kappa shape index (κ1) is 24.5. The molecule has 2 aromatic rings. The Labute approximate surface area is 184 Å². The number of hydrogen-bond donors (Lipinski definition) is 3. The van der Waals surface area contributed by atoms with Crippen LogP contribution in [-0.2, 0) is 24.5 Å². The number of amides is 1. The van der Waals surface area contributed by atoms with Crippen LogP contribution >= 0.6 is 0 Å². The van der Waals surface area contributed by atoms with Gasteiger partial charge in [-0.15, -0.1) is 6.58 Å². The molecule has 3 N–H and O–H groups in total. The average molecular weight is 447 g/mol. The number of rotatable bonds is 4. The molecule has 1 aromatic carbocycles. The molecular formula is C22H27FN4O3S. The highest BCUT2D eigenvalue weighted by molar-refractivity contribution is 7.83. The zero-order valence-corrected chi connectivity index (χ0v) is 18.8. The summed E-state index contributed by atoms with van der Waals surface area (Å²) in [6.45, 7) is 9.20. The van der Waals surface area contributed by atoms with Gasteiger partial charge in [0.25, 0.3) is 5.91 Å². The summed E-state index contributed by atoms with van der Waals surface area (Å²) in [4.78, 5) is 13.4. The molecule has 0 aliphatic carbocycles. The van der Waals surface area contributed by atoms with Crippen LogP contribution in [-0.4, -0.2) is 31.4 Å². The maximum atomic E-state index is 13.5. The van der Waals surface area contributed by atoms with Crippen LogP contribution in [0.3, 0.4) is 0 Å². The standard InChI is InChI=1S/C20H21FN4O3S.C2H6/c1-4-20(2,27)17-8-6-14-16(29(28)24-17)11-25(3)18(14)19(26)23-13-5-7-15(21)12(9-13)10-22;1-2/h4-5,7,9,11,17,24,27H,1,6,8H2,2-3H3,(H,23,26);1-2H3. The molecular weight excluding hydrogens is 419 g/mol. The van der Waals surface area contributed by atoms with E-state index < -0.39 is 34.4 Å². The van der Waals surface area contributed by atoms with E-state index in [0.717, 1.165) is 6.07 Å². The van der Waals surface area contributed by atoms with Crippen LogP contribution < -0.4 is 10.0 Å². The second kappa shape index (κ2) is 10.0. The first-order valence-corrected chi connectivity index (χ1v) is 11.1. The van der Waals surface area contributed by atoms with E-state index in [1.54, 1.807) is 30.8 Å². The molecule has 0 bridgehead atoms. The Balaban J connectivity index is 0.00000166. The number of aromatic nitrogens is 1. The van der Waals surface area contributed by atoms with E-state index in [1.807, 2.05) is 13.8 Å². The summed E-state index contributed by atoms with van der Waals surface area (Å²) in [7, 11) is 0.0476. The molecule has 0 radical (unpaired) electrons. The molecule has 1 amide bonds. The Morgan fingerprint density at radius 1 is 1.52 bits per heavy atom. The molecule has 7 nitrogen and oxygen atoms in total. The van der Waals surface area contributed by atoms with E-state index in [9.17, 15) is 18.5 Å². The van der Waals surface area contributed by atoms with Gasteiger partial charge in [0.1, 0.15) is 28.6 Å². The molecule has 1 aliphatic heterocycles. The van der Waals surface area contributed by atoms with Gasteiger partial charge in [0.2, 0.25) is 0 Å². The highest BCUT2D eigenvalue weighted by Crippen LogP contribution is 2.29. The fourth-order valence-corrected chi connectivity index (χ4v) is 4.74. The number of nitriles is 1. The molecule has 3 atom stereocenters. The van der Waals surface area contributed by atoms with Crippen LogP contribution in [0.5, 0.6) is 0 Å². The first-order valence-electron chi connectivity index (χ1n) is 9.91. The van der Waals surface area contributed by atoms with Gasteiger partial charge in [-0.1, -0.05) is 19.9 Å². The van der Waals surface area contributed by atoms with E-state index in [-0.39, 0.29) is 11.3 Å². The number of aryl methyl sites for hydroxylation is 1. The van der Waals surface area contributed by atoms with Gasteiger partial charge in [-0.3, -0.25) is 4.79 Å². The smallest absolute Gasteiger partial charge is 0.272 e. The van der Waals surface area contributed by atoms with E-state index in [0.29, 0.717) is 29.0 Å². The van der Waals surface area contributed by atoms with Crippen molar-refractivity contribution in [1.29, 1.82) is 5.26 Å². The van der Waals surface area contributed by atoms with Gasteiger partial charge < -0.3 is 15.0 Å². The maximum Gasteiger partial charge on any atom is 0.272 e.